The monoisotopic (exact) mass is 341 g/mol. The first-order chi connectivity index (χ1) is 12.0. The van der Waals surface area contributed by atoms with Crippen LogP contribution in [0.5, 0.6) is 5.75 Å². The van der Waals surface area contributed by atoms with Crippen molar-refractivity contribution in [2.24, 2.45) is 0 Å². The maximum atomic E-state index is 12.1. The number of hydrogen-bond acceptors (Lipinski definition) is 4. The number of ether oxygens (including phenoxy) is 2. The number of methoxy groups -OCH3 is 1. The number of carbonyl (C=O) groups is 2. The van der Waals surface area contributed by atoms with Crippen LogP contribution in [0.2, 0.25) is 0 Å². The highest BCUT2D eigenvalue weighted by Gasteiger charge is 2.18. The molecule has 1 atom stereocenters. The Labute approximate surface area is 148 Å². The number of nitrogens with one attached hydrogen (secondary N) is 1. The molecule has 132 valence electrons. The summed E-state index contributed by atoms with van der Waals surface area (Å²) in [4.78, 5) is 24.2. The van der Waals surface area contributed by atoms with Gasteiger partial charge >= 0.3 is 5.97 Å². The maximum absolute atomic E-state index is 12.1. The number of esters is 1. The second-order valence-electron chi connectivity index (χ2n) is 5.70. The maximum Gasteiger partial charge on any atom is 0.311 e. The van der Waals surface area contributed by atoms with Crippen molar-refractivity contribution < 1.29 is 19.1 Å². The molecule has 0 aliphatic rings. The lowest BCUT2D eigenvalue weighted by molar-refractivity contribution is -0.152. The van der Waals surface area contributed by atoms with Crippen LogP contribution in [0.1, 0.15) is 25.0 Å². The topological polar surface area (TPSA) is 64.6 Å². The van der Waals surface area contributed by atoms with Crippen LogP contribution in [0.15, 0.2) is 48.5 Å². The number of anilines is 1. The minimum Gasteiger partial charge on any atom is -0.497 e. The van der Waals surface area contributed by atoms with Crippen LogP contribution in [0.3, 0.4) is 0 Å². The summed E-state index contributed by atoms with van der Waals surface area (Å²) >= 11 is 0. The third kappa shape index (κ3) is 5.64. The lowest BCUT2D eigenvalue weighted by atomic mass is 10.1. The van der Waals surface area contributed by atoms with Gasteiger partial charge in [-0.05, 0) is 48.7 Å². The van der Waals surface area contributed by atoms with Crippen molar-refractivity contribution in [1.82, 2.24) is 0 Å². The molecule has 5 nitrogen and oxygen atoms in total. The molecule has 2 rings (SSSR count). The van der Waals surface area contributed by atoms with Gasteiger partial charge in [-0.15, -0.1) is 0 Å². The summed E-state index contributed by atoms with van der Waals surface area (Å²) in [6, 6.07) is 14.8. The number of rotatable bonds is 7. The summed E-state index contributed by atoms with van der Waals surface area (Å²) in [5.41, 5.74) is 2.64. The van der Waals surface area contributed by atoms with E-state index in [1.54, 1.807) is 32.2 Å². The highest BCUT2D eigenvalue weighted by molar-refractivity contribution is 5.95. The molecule has 1 amide bonds. The van der Waals surface area contributed by atoms with Crippen LogP contribution < -0.4 is 10.1 Å². The zero-order valence-corrected chi connectivity index (χ0v) is 14.7. The second kappa shape index (κ2) is 8.87. The molecular weight excluding hydrogens is 318 g/mol. The molecule has 25 heavy (non-hydrogen) atoms. The molecule has 0 fully saturated rings. The first kappa shape index (κ1) is 18.5. The van der Waals surface area contributed by atoms with Gasteiger partial charge in [-0.25, -0.2) is 0 Å². The van der Waals surface area contributed by atoms with E-state index in [4.69, 9.17) is 9.47 Å². The van der Waals surface area contributed by atoms with E-state index in [0.717, 1.165) is 12.0 Å². The van der Waals surface area contributed by atoms with Crippen molar-refractivity contribution in [3.8, 4) is 5.75 Å². The lowest BCUT2D eigenvalue weighted by Crippen LogP contribution is -2.30. The molecule has 5 heteroatoms. The normalized spacial score (nSPS) is 11.5. The average Bonchev–Trinajstić information content (AvgIpc) is 2.62. The zero-order valence-electron chi connectivity index (χ0n) is 14.7. The lowest BCUT2D eigenvalue weighted by Gasteiger charge is -2.14. The van der Waals surface area contributed by atoms with Crippen molar-refractivity contribution in [2.45, 2.75) is 32.8 Å². The first-order valence-electron chi connectivity index (χ1n) is 8.24. The van der Waals surface area contributed by atoms with Gasteiger partial charge in [0.15, 0.2) is 6.10 Å². The van der Waals surface area contributed by atoms with E-state index in [2.05, 4.69) is 12.2 Å². The Balaban J connectivity index is 1.87. The van der Waals surface area contributed by atoms with Crippen molar-refractivity contribution in [3.05, 3.63) is 59.7 Å². The highest BCUT2D eigenvalue weighted by Crippen LogP contribution is 2.14. The fourth-order valence-electron chi connectivity index (χ4n) is 2.31. The molecular formula is C20H23NO4. The van der Waals surface area contributed by atoms with Crippen molar-refractivity contribution in [3.63, 3.8) is 0 Å². The SMILES string of the molecule is CCc1ccc(NC(=O)[C@H](C)OC(=O)Cc2cccc(OC)c2)cc1. The number of carbonyl (C=O) groups excluding carboxylic acids is 2. The Morgan fingerprint density at radius 3 is 2.44 bits per heavy atom. The van der Waals surface area contributed by atoms with Crippen molar-refractivity contribution >= 4 is 17.6 Å². The van der Waals surface area contributed by atoms with Gasteiger partial charge in [0.2, 0.25) is 0 Å². The third-order valence-electron chi connectivity index (χ3n) is 3.79. The predicted octanol–water partition coefficient (Wildman–Crippen LogP) is 3.37. The summed E-state index contributed by atoms with van der Waals surface area (Å²) in [6.45, 7) is 3.62. The summed E-state index contributed by atoms with van der Waals surface area (Å²) in [7, 11) is 1.57. The minimum absolute atomic E-state index is 0.0834. The fourth-order valence-corrected chi connectivity index (χ4v) is 2.31. The molecule has 0 unspecified atom stereocenters. The predicted molar refractivity (Wildman–Crippen MR) is 96.7 cm³/mol. The van der Waals surface area contributed by atoms with E-state index in [-0.39, 0.29) is 12.3 Å². The second-order valence-corrected chi connectivity index (χ2v) is 5.70. The number of hydrogen-bond donors (Lipinski definition) is 1. The third-order valence-corrected chi connectivity index (χ3v) is 3.79. The van der Waals surface area contributed by atoms with Crippen LogP contribution in [0.4, 0.5) is 5.69 Å². The summed E-state index contributed by atoms with van der Waals surface area (Å²) in [6.07, 6.45) is 0.149. The molecule has 1 N–H and O–H groups in total. The molecule has 0 aliphatic carbocycles. The Bertz CT molecular complexity index is 725. The Morgan fingerprint density at radius 1 is 1.08 bits per heavy atom. The van der Waals surface area contributed by atoms with Crippen LogP contribution >= 0.6 is 0 Å². The van der Waals surface area contributed by atoms with E-state index in [1.807, 2.05) is 30.3 Å². The van der Waals surface area contributed by atoms with Gasteiger partial charge < -0.3 is 14.8 Å². The molecule has 0 saturated heterocycles. The number of amides is 1. The largest absolute Gasteiger partial charge is 0.497 e. The van der Waals surface area contributed by atoms with Gasteiger partial charge in [0.05, 0.1) is 13.5 Å². The van der Waals surface area contributed by atoms with Crippen molar-refractivity contribution in [1.29, 1.82) is 0 Å². The van der Waals surface area contributed by atoms with Crippen molar-refractivity contribution in [2.75, 3.05) is 12.4 Å². The van der Waals surface area contributed by atoms with Gasteiger partial charge in [-0.1, -0.05) is 31.2 Å². The molecule has 2 aromatic rings. The van der Waals surface area contributed by atoms with Gasteiger partial charge in [-0.2, -0.15) is 0 Å². The van der Waals surface area contributed by atoms with E-state index in [9.17, 15) is 9.59 Å². The van der Waals surface area contributed by atoms with Gasteiger partial charge in [0.25, 0.3) is 5.91 Å². The van der Waals surface area contributed by atoms with Crippen LogP contribution in [-0.4, -0.2) is 25.1 Å². The van der Waals surface area contributed by atoms with Crippen LogP contribution in [0, 0.1) is 0 Å². The van der Waals surface area contributed by atoms with Gasteiger partial charge in [0.1, 0.15) is 5.75 Å². The molecule has 0 bridgehead atoms. The van der Waals surface area contributed by atoms with E-state index < -0.39 is 12.1 Å². The van der Waals surface area contributed by atoms with E-state index >= 15 is 0 Å². The summed E-state index contributed by atoms with van der Waals surface area (Å²) < 4.78 is 10.3. The standard InChI is InChI=1S/C20H23NO4/c1-4-15-8-10-17(11-9-15)21-20(23)14(2)25-19(22)13-16-6-5-7-18(12-16)24-3/h5-12,14H,4,13H2,1-3H3,(H,21,23)/t14-/m0/s1. The number of aryl methyl sites for hydroxylation is 1. The molecule has 0 aliphatic heterocycles. The molecule has 0 aromatic heterocycles. The zero-order chi connectivity index (χ0) is 18.2. The first-order valence-corrected chi connectivity index (χ1v) is 8.24. The average molecular weight is 341 g/mol. The molecule has 0 heterocycles. The van der Waals surface area contributed by atoms with Gasteiger partial charge in [0, 0.05) is 5.69 Å². The smallest absolute Gasteiger partial charge is 0.311 e. The minimum atomic E-state index is -0.871. The quantitative estimate of drug-likeness (QED) is 0.784. The molecule has 2 aromatic carbocycles. The van der Waals surface area contributed by atoms with E-state index in [0.29, 0.717) is 11.4 Å². The molecule has 0 radical (unpaired) electrons. The Hall–Kier alpha value is -2.82. The van der Waals surface area contributed by atoms with Crippen LogP contribution in [-0.2, 0) is 27.2 Å². The summed E-state index contributed by atoms with van der Waals surface area (Å²) in [5, 5.41) is 2.74. The summed E-state index contributed by atoms with van der Waals surface area (Å²) in [5.74, 6) is -0.146. The van der Waals surface area contributed by atoms with Crippen LogP contribution in [0.25, 0.3) is 0 Å². The molecule has 0 spiro atoms. The Kier molecular flexibility index (Phi) is 6.57. The molecule has 0 saturated carbocycles. The van der Waals surface area contributed by atoms with Gasteiger partial charge in [-0.3, -0.25) is 9.59 Å². The Morgan fingerprint density at radius 2 is 1.80 bits per heavy atom. The van der Waals surface area contributed by atoms with E-state index in [1.165, 1.54) is 5.56 Å². The fraction of sp³-hybridized carbons (Fsp3) is 0.300. The number of benzene rings is 2. The highest BCUT2D eigenvalue weighted by atomic mass is 16.5.